The Morgan fingerprint density at radius 2 is 2.27 bits per heavy atom. The molecule has 2 aliphatic rings. The van der Waals surface area contributed by atoms with Crippen LogP contribution in [0, 0.1) is 17.4 Å². The van der Waals surface area contributed by atoms with Crippen molar-refractivity contribution >= 4 is 32.6 Å². The first-order valence-corrected chi connectivity index (χ1v) is 8.40. The zero-order valence-electron chi connectivity index (χ0n) is 12.1. The zero-order chi connectivity index (χ0) is 15.1. The lowest BCUT2D eigenvalue weighted by Gasteiger charge is -2.08. The molecule has 112 valence electrons. The highest BCUT2D eigenvalue weighted by Crippen LogP contribution is 2.41. The van der Waals surface area contributed by atoms with E-state index in [-0.39, 0.29) is 11.8 Å². The fourth-order valence-corrected chi connectivity index (χ4v) is 3.86. The molecule has 2 aromatic rings. The highest BCUT2D eigenvalue weighted by molar-refractivity contribution is 7.22. The molecule has 1 amide bonds. The molecule has 0 spiro atoms. The molecule has 0 radical (unpaired) electrons. The van der Waals surface area contributed by atoms with Gasteiger partial charge >= 0.3 is 0 Å². The third-order valence-corrected chi connectivity index (χ3v) is 5.33. The van der Waals surface area contributed by atoms with Crippen molar-refractivity contribution in [1.82, 2.24) is 9.88 Å². The maximum Gasteiger partial charge on any atom is 0.231 e. The van der Waals surface area contributed by atoms with Crippen molar-refractivity contribution in [3.63, 3.8) is 0 Å². The summed E-state index contributed by atoms with van der Waals surface area (Å²) in [5.41, 5.74) is 2.32. The summed E-state index contributed by atoms with van der Waals surface area (Å²) < 4.78 is 1.13. The number of aromatic nitrogens is 1. The van der Waals surface area contributed by atoms with Gasteiger partial charge in [0.05, 0.1) is 16.1 Å². The van der Waals surface area contributed by atoms with E-state index in [0.717, 1.165) is 22.6 Å². The third-order valence-electron chi connectivity index (χ3n) is 4.39. The summed E-state index contributed by atoms with van der Waals surface area (Å²) >= 11 is 1.53. The van der Waals surface area contributed by atoms with Crippen LogP contribution in [0.1, 0.15) is 30.7 Å². The second-order valence-electron chi connectivity index (χ2n) is 6.04. The molecule has 6 heteroatoms. The van der Waals surface area contributed by atoms with Crippen LogP contribution in [0.2, 0.25) is 0 Å². The lowest BCUT2D eigenvalue weighted by molar-refractivity contribution is -0.119. The molecule has 4 rings (SSSR count). The number of likely N-dealkylation sites (tertiary alicyclic amines) is 1. The molecule has 5 nitrogen and oxygen atoms in total. The van der Waals surface area contributed by atoms with Gasteiger partial charge < -0.3 is 10.2 Å². The number of amides is 1. The van der Waals surface area contributed by atoms with Crippen molar-refractivity contribution in [2.45, 2.75) is 25.2 Å². The molecule has 0 unspecified atom stereocenters. The van der Waals surface area contributed by atoms with E-state index in [1.165, 1.54) is 29.7 Å². The van der Waals surface area contributed by atoms with Gasteiger partial charge in [-0.1, -0.05) is 17.4 Å². The summed E-state index contributed by atoms with van der Waals surface area (Å²) in [5.74, 6) is 0.577. The molecule has 1 aromatic carbocycles. The van der Waals surface area contributed by atoms with Crippen LogP contribution in [0.4, 0.5) is 5.13 Å². The Hall–Kier alpha value is -2.13. The number of thiazole rings is 1. The number of carbonyl (C=O) groups is 1. The van der Waals surface area contributed by atoms with Gasteiger partial charge in [0.1, 0.15) is 0 Å². The van der Waals surface area contributed by atoms with Crippen molar-refractivity contribution in [1.29, 1.82) is 5.26 Å². The lowest BCUT2D eigenvalue weighted by atomic mass is 10.1. The summed E-state index contributed by atoms with van der Waals surface area (Å²) in [7, 11) is 0. The number of rotatable bonds is 3. The van der Waals surface area contributed by atoms with Crippen LogP contribution < -0.4 is 5.32 Å². The van der Waals surface area contributed by atoms with Gasteiger partial charge in [0, 0.05) is 13.1 Å². The van der Waals surface area contributed by atoms with Crippen LogP contribution in [-0.2, 0) is 4.79 Å². The van der Waals surface area contributed by atoms with Gasteiger partial charge in [-0.05, 0) is 42.9 Å². The molecule has 1 saturated carbocycles. The number of anilines is 1. The predicted molar refractivity (Wildman–Crippen MR) is 85.5 cm³/mol. The Bertz CT molecular complexity index is 774. The topological polar surface area (TPSA) is 69.0 Å². The van der Waals surface area contributed by atoms with E-state index in [1.807, 2.05) is 6.07 Å². The average molecular weight is 312 g/mol. The first-order valence-electron chi connectivity index (χ1n) is 7.59. The van der Waals surface area contributed by atoms with Gasteiger partial charge in [-0.3, -0.25) is 4.79 Å². The van der Waals surface area contributed by atoms with E-state index in [0.29, 0.717) is 18.2 Å². The van der Waals surface area contributed by atoms with Crippen molar-refractivity contribution < 1.29 is 4.79 Å². The Morgan fingerprint density at radius 1 is 1.41 bits per heavy atom. The fourth-order valence-electron chi connectivity index (χ4n) is 2.94. The van der Waals surface area contributed by atoms with Crippen molar-refractivity contribution in [3.8, 4) is 6.19 Å². The quantitative estimate of drug-likeness (QED) is 0.885. The van der Waals surface area contributed by atoms with Gasteiger partial charge in [0.15, 0.2) is 11.3 Å². The molecule has 2 heterocycles. The van der Waals surface area contributed by atoms with Crippen molar-refractivity contribution in [2.24, 2.45) is 5.92 Å². The monoisotopic (exact) mass is 312 g/mol. The predicted octanol–water partition coefficient (Wildman–Crippen LogP) is 2.92. The number of carbonyl (C=O) groups excluding carboxylic acids is 1. The molecule has 1 aliphatic heterocycles. The number of hydrogen-bond acceptors (Lipinski definition) is 5. The number of nitriles is 1. The van der Waals surface area contributed by atoms with E-state index in [9.17, 15) is 4.79 Å². The van der Waals surface area contributed by atoms with E-state index in [2.05, 4.69) is 28.6 Å². The second kappa shape index (κ2) is 5.25. The molecule has 1 N–H and O–H groups in total. The minimum atomic E-state index is -0.117. The van der Waals surface area contributed by atoms with E-state index in [4.69, 9.17) is 5.26 Å². The molecule has 22 heavy (non-hydrogen) atoms. The maximum absolute atomic E-state index is 12.3. The molecule has 1 saturated heterocycles. The summed E-state index contributed by atoms with van der Waals surface area (Å²) in [6, 6.07) is 6.39. The zero-order valence-corrected chi connectivity index (χ0v) is 12.9. The molecular weight excluding hydrogens is 296 g/mol. The number of benzene rings is 1. The van der Waals surface area contributed by atoms with Gasteiger partial charge in [-0.25, -0.2) is 4.98 Å². The van der Waals surface area contributed by atoms with Crippen LogP contribution in [0.3, 0.4) is 0 Å². The standard InChI is InChI=1S/C16H16N4OS/c17-9-20-6-5-12(8-20)15(21)19-16-18-13-4-3-11(10-1-2-10)7-14(13)22-16/h3-4,7,10,12H,1-2,5-6,8H2,(H,18,19,21)/t12-/m0/s1. The Kier molecular flexibility index (Phi) is 3.23. The SMILES string of the molecule is N#CN1CC[C@H](C(=O)Nc2nc3ccc(C4CC4)cc3s2)C1. The average Bonchev–Trinajstić information content (AvgIpc) is 3.12. The highest BCUT2D eigenvalue weighted by atomic mass is 32.1. The fraction of sp³-hybridized carbons (Fsp3) is 0.438. The summed E-state index contributed by atoms with van der Waals surface area (Å²) in [6.45, 7) is 1.18. The van der Waals surface area contributed by atoms with Crippen LogP contribution in [0.15, 0.2) is 18.2 Å². The molecular formula is C16H16N4OS. The highest BCUT2D eigenvalue weighted by Gasteiger charge is 2.28. The number of hydrogen-bond donors (Lipinski definition) is 1. The summed E-state index contributed by atoms with van der Waals surface area (Å²) in [4.78, 5) is 18.4. The summed E-state index contributed by atoms with van der Waals surface area (Å²) in [5, 5.41) is 12.4. The normalized spacial score (nSPS) is 21.0. The Balaban J connectivity index is 1.49. The lowest BCUT2D eigenvalue weighted by Crippen LogP contribution is -2.25. The number of fused-ring (bicyclic) bond motifs is 1. The van der Waals surface area contributed by atoms with Crippen LogP contribution in [0.5, 0.6) is 0 Å². The molecule has 1 aromatic heterocycles. The smallest absolute Gasteiger partial charge is 0.231 e. The molecule has 2 fully saturated rings. The van der Waals surface area contributed by atoms with Crippen LogP contribution in [0.25, 0.3) is 10.2 Å². The Morgan fingerprint density at radius 3 is 3.00 bits per heavy atom. The number of nitrogens with one attached hydrogen (secondary N) is 1. The largest absolute Gasteiger partial charge is 0.310 e. The van der Waals surface area contributed by atoms with E-state index >= 15 is 0 Å². The maximum atomic E-state index is 12.3. The van der Waals surface area contributed by atoms with Crippen LogP contribution >= 0.6 is 11.3 Å². The first-order chi connectivity index (χ1) is 10.7. The Labute approximate surface area is 132 Å². The minimum Gasteiger partial charge on any atom is -0.310 e. The van der Waals surface area contributed by atoms with Crippen LogP contribution in [-0.4, -0.2) is 28.9 Å². The summed E-state index contributed by atoms with van der Waals surface area (Å²) in [6.07, 6.45) is 5.39. The molecule has 1 atom stereocenters. The number of nitrogens with zero attached hydrogens (tertiary/aromatic N) is 3. The van der Waals surface area contributed by atoms with E-state index < -0.39 is 0 Å². The molecule has 1 aliphatic carbocycles. The van der Waals surface area contributed by atoms with Crippen molar-refractivity contribution in [3.05, 3.63) is 23.8 Å². The van der Waals surface area contributed by atoms with Crippen molar-refractivity contribution in [2.75, 3.05) is 18.4 Å². The molecule has 0 bridgehead atoms. The van der Waals surface area contributed by atoms with Gasteiger partial charge in [-0.2, -0.15) is 5.26 Å². The second-order valence-corrected chi connectivity index (χ2v) is 7.07. The third kappa shape index (κ3) is 2.53. The minimum absolute atomic E-state index is 0.0285. The first kappa shape index (κ1) is 13.5. The van der Waals surface area contributed by atoms with Gasteiger partial charge in [0.25, 0.3) is 0 Å². The van der Waals surface area contributed by atoms with Gasteiger partial charge in [0.2, 0.25) is 5.91 Å². The van der Waals surface area contributed by atoms with E-state index in [1.54, 1.807) is 4.90 Å². The van der Waals surface area contributed by atoms with Gasteiger partial charge in [-0.15, -0.1) is 0 Å².